The van der Waals surface area contributed by atoms with E-state index >= 15 is 0 Å². The number of rotatable bonds is 4. The van der Waals surface area contributed by atoms with E-state index in [1.807, 2.05) is 6.07 Å². The third-order valence-corrected chi connectivity index (χ3v) is 3.73. The molecule has 5 heteroatoms. The molecule has 3 nitrogen and oxygen atoms in total. The van der Waals surface area contributed by atoms with E-state index in [1.165, 1.54) is 12.1 Å². The van der Waals surface area contributed by atoms with E-state index in [0.717, 1.165) is 16.8 Å². The molecule has 2 aromatic rings. The fraction of sp³-hybridized carbons (Fsp3) is 0.188. The zero-order chi connectivity index (χ0) is 14.8. The molecule has 0 aromatic heterocycles. The maximum atomic E-state index is 13.1. The number of hydrogen-bond acceptors (Lipinski definition) is 2. The molecule has 21 heavy (non-hydrogen) atoms. The number of carbonyl (C=O) groups excluding carboxylic acids is 1. The average Bonchev–Trinajstić information content (AvgIpc) is 2.75. The summed E-state index contributed by atoms with van der Waals surface area (Å²) in [7, 11) is 0. The summed E-state index contributed by atoms with van der Waals surface area (Å²) < 4.78 is 13.1. The van der Waals surface area contributed by atoms with Crippen molar-refractivity contribution in [1.29, 1.82) is 0 Å². The van der Waals surface area contributed by atoms with Gasteiger partial charge < -0.3 is 10.6 Å². The van der Waals surface area contributed by atoms with Crippen LogP contribution in [0.15, 0.2) is 42.5 Å². The standard InChI is InChI=1S/C16H14ClFN2O/c17-11-4-5-14-13(9-11)15(16(21)20-14)19-7-6-10-2-1-3-12(18)8-10/h1-5,8-9,15,19H,6-7H2,(H,20,21). The summed E-state index contributed by atoms with van der Waals surface area (Å²) in [5, 5.41) is 6.60. The van der Waals surface area contributed by atoms with Crippen LogP contribution in [0.4, 0.5) is 10.1 Å². The summed E-state index contributed by atoms with van der Waals surface area (Å²) in [6.45, 7) is 0.577. The number of anilines is 1. The van der Waals surface area contributed by atoms with Gasteiger partial charge >= 0.3 is 0 Å². The predicted molar refractivity (Wildman–Crippen MR) is 80.9 cm³/mol. The fourth-order valence-electron chi connectivity index (χ4n) is 2.49. The molecule has 108 valence electrons. The molecule has 0 saturated heterocycles. The predicted octanol–water partition coefficient (Wildman–Crippen LogP) is 3.30. The Morgan fingerprint density at radius 2 is 2.10 bits per heavy atom. The number of amides is 1. The van der Waals surface area contributed by atoms with Gasteiger partial charge in [-0.3, -0.25) is 4.79 Å². The largest absolute Gasteiger partial charge is 0.324 e. The molecule has 0 radical (unpaired) electrons. The molecule has 0 aliphatic carbocycles. The minimum absolute atomic E-state index is 0.0912. The van der Waals surface area contributed by atoms with Gasteiger partial charge in [0, 0.05) is 22.8 Å². The Balaban J connectivity index is 1.66. The molecule has 1 aliphatic rings. The zero-order valence-electron chi connectivity index (χ0n) is 11.2. The third-order valence-electron chi connectivity index (χ3n) is 3.50. The number of hydrogen-bond donors (Lipinski definition) is 2. The van der Waals surface area contributed by atoms with Gasteiger partial charge in [0.2, 0.25) is 5.91 Å². The van der Waals surface area contributed by atoms with Gasteiger partial charge in [-0.2, -0.15) is 0 Å². The van der Waals surface area contributed by atoms with Gasteiger partial charge in [0.25, 0.3) is 0 Å². The van der Waals surface area contributed by atoms with Crippen LogP contribution in [0.1, 0.15) is 17.2 Å². The van der Waals surface area contributed by atoms with Crippen molar-refractivity contribution in [3.05, 3.63) is 64.4 Å². The van der Waals surface area contributed by atoms with E-state index < -0.39 is 6.04 Å². The van der Waals surface area contributed by atoms with E-state index in [4.69, 9.17) is 11.6 Å². The van der Waals surface area contributed by atoms with Crippen LogP contribution in [-0.4, -0.2) is 12.5 Å². The van der Waals surface area contributed by atoms with E-state index in [0.29, 0.717) is 18.0 Å². The SMILES string of the molecule is O=C1Nc2ccc(Cl)cc2C1NCCc1cccc(F)c1. The Labute approximate surface area is 127 Å². The third kappa shape index (κ3) is 3.06. The Hall–Kier alpha value is -1.91. The topological polar surface area (TPSA) is 41.1 Å². The molecule has 0 saturated carbocycles. The maximum absolute atomic E-state index is 13.1. The summed E-state index contributed by atoms with van der Waals surface area (Å²) in [5.74, 6) is -0.338. The minimum Gasteiger partial charge on any atom is -0.324 e. The van der Waals surface area contributed by atoms with Gasteiger partial charge in [-0.05, 0) is 42.3 Å². The lowest BCUT2D eigenvalue weighted by Gasteiger charge is -2.11. The van der Waals surface area contributed by atoms with Crippen molar-refractivity contribution in [2.45, 2.75) is 12.5 Å². The molecule has 0 spiro atoms. The summed E-state index contributed by atoms with van der Waals surface area (Å²) >= 11 is 5.98. The van der Waals surface area contributed by atoms with Gasteiger partial charge in [0.15, 0.2) is 0 Å². The van der Waals surface area contributed by atoms with Crippen molar-refractivity contribution < 1.29 is 9.18 Å². The monoisotopic (exact) mass is 304 g/mol. The lowest BCUT2D eigenvalue weighted by atomic mass is 10.1. The summed E-state index contributed by atoms with van der Waals surface area (Å²) in [4.78, 5) is 12.0. The zero-order valence-corrected chi connectivity index (χ0v) is 12.0. The Kier molecular flexibility index (Phi) is 3.90. The van der Waals surface area contributed by atoms with Gasteiger partial charge in [-0.25, -0.2) is 4.39 Å². The van der Waals surface area contributed by atoms with Crippen LogP contribution in [-0.2, 0) is 11.2 Å². The molecular weight excluding hydrogens is 291 g/mol. The molecule has 1 unspecified atom stereocenters. The number of halogens is 2. The van der Waals surface area contributed by atoms with E-state index in [2.05, 4.69) is 10.6 Å². The minimum atomic E-state index is -0.410. The molecule has 0 fully saturated rings. The summed E-state index contributed by atoms with van der Waals surface area (Å²) in [6.07, 6.45) is 0.650. The number of benzene rings is 2. The van der Waals surface area contributed by atoms with Crippen molar-refractivity contribution in [3.8, 4) is 0 Å². The van der Waals surface area contributed by atoms with E-state index in [-0.39, 0.29) is 11.7 Å². The highest BCUT2D eigenvalue weighted by atomic mass is 35.5. The smallest absolute Gasteiger partial charge is 0.246 e. The fourth-order valence-corrected chi connectivity index (χ4v) is 2.67. The first-order valence-electron chi connectivity index (χ1n) is 6.71. The molecule has 1 aliphatic heterocycles. The maximum Gasteiger partial charge on any atom is 0.246 e. The van der Waals surface area contributed by atoms with Crippen molar-refractivity contribution in [2.24, 2.45) is 0 Å². The molecule has 0 bridgehead atoms. The molecule has 2 N–H and O–H groups in total. The highest BCUT2D eigenvalue weighted by Gasteiger charge is 2.29. The van der Waals surface area contributed by atoms with Gasteiger partial charge in [0.05, 0.1) is 0 Å². The lowest BCUT2D eigenvalue weighted by molar-refractivity contribution is -0.117. The Morgan fingerprint density at radius 3 is 2.90 bits per heavy atom. The quantitative estimate of drug-likeness (QED) is 0.910. The van der Waals surface area contributed by atoms with Crippen LogP contribution in [0.2, 0.25) is 5.02 Å². The average molecular weight is 305 g/mol. The van der Waals surface area contributed by atoms with Crippen molar-refractivity contribution in [2.75, 3.05) is 11.9 Å². The van der Waals surface area contributed by atoms with Gasteiger partial charge in [0.1, 0.15) is 11.9 Å². The second-order valence-corrected chi connectivity index (χ2v) is 5.42. The Bertz CT molecular complexity index is 690. The van der Waals surface area contributed by atoms with Crippen molar-refractivity contribution >= 4 is 23.2 Å². The van der Waals surface area contributed by atoms with Crippen LogP contribution in [0.25, 0.3) is 0 Å². The van der Waals surface area contributed by atoms with Crippen molar-refractivity contribution in [1.82, 2.24) is 5.32 Å². The molecule has 1 heterocycles. The molecular formula is C16H14ClFN2O. The van der Waals surface area contributed by atoms with Crippen LogP contribution in [0.3, 0.4) is 0 Å². The highest BCUT2D eigenvalue weighted by Crippen LogP contribution is 2.32. The first kappa shape index (κ1) is 14.0. The lowest BCUT2D eigenvalue weighted by Crippen LogP contribution is -2.29. The van der Waals surface area contributed by atoms with E-state index in [1.54, 1.807) is 24.3 Å². The van der Waals surface area contributed by atoms with Gasteiger partial charge in [-0.1, -0.05) is 23.7 Å². The highest BCUT2D eigenvalue weighted by molar-refractivity contribution is 6.31. The number of nitrogens with one attached hydrogen (secondary N) is 2. The van der Waals surface area contributed by atoms with Crippen LogP contribution in [0.5, 0.6) is 0 Å². The van der Waals surface area contributed by atoms with Crippen LogP contribution in [0, 0.1) is 5.82 Å². The Morgan fingerprint density at radius 1 is 1.24 bits per heavy atom. The van der Waals surface area contributed by atoms with E-state index in [9.17, 15) is 9.18 Å². The van der Waals surface area contributed by atoms with Crippen LogP contribution >= 0.6 is 11.6 Å². The second kappa shape index (κ2) is 5.84. The summed E-state index contributed by atoms with van der Waals surface area (Å²) in [5.41, 5.74) is 2.53. The van der Waals surface area contributed by atoms with Crippen molar-refractivity contribution in [3.63, 3.8) is 0 Å². The molecule has 1 amide bonds. The second-order valence-electron chi connectivity index (χ2n) is 4.99. The number of carbonyl (C=O) groups is 1. The first-order chi connectivity index (χ1) is 10.1. The molecule has 1 atom stereocenters. The van der Waals surface area contributed by atoms with Gasteiger partial charge in [-0.15, -0.1) is 0 Å². The normalized spacial score (nSPS) is 16.7. The molecule has 2 aromatic carbocycles. The first-order valence-corrected chi connectivity index (χ1v) is 7.09. The number of fused-ring (bicyclic) bond motifs is 1. The summed E-state index contributed by atoms with van der Waals surface area (Å²) in [6, 6.07) is 11.4. The molecule has 3 rings (SSSR count). The van der Waals surface area contributed by atoms with Crippen LogP contribution < -0.4 is 10.6 Å².